The van der Waals surface area contributed by atoms with Crippen LogP contribution in [0.1, 0.15) is 11.1 Å². The highest BCUT2D eigenvalue weighted by Crippen LogP contribution is 2.27. The third-order valence-electron chi connectivity index (χ3n) is 3.84. The van der Waals surface area contributed by atoms with Gasteiger partial charge in [-0.15, -0.1) is 0 Å². The molecule has 3 aromatic rings. The van der Waals surface area contributed by atoms with Crippen LogP contribution in [0.2, 0.25) is 0 Å². The number of nitrogen functional groups attached to an aromatic ring is 1. The normalized spacial score (nSPS) is 14.0. The van der Waals surface area contributed by atoms with Crippen molar-refractivity contribution < 1.29 is 0 Å². The van der Waals surface area contributed by atoms with Gasteiger partial charge in [-0.2, -0.15) is 0 Å². The molecule has 0 fully saturated rings. The minimum Gasteiger partial charge on any atom is -0.375 e. The van der Waals surface area contributed by atoms with E-state index in [0.717, 1.165) is 23.3 Å². The maximum atomic E-state index is 5.65. The fourth-order valence-electron chi connectivity index (χ4n) is 2.79. The molecule has 0 unspecified atom stereocenters. The van der Waals surface area contributed by atoms with Gasteiger partial charge in [0, 0.05) is 30.2 Å². The predicted molar refractivity (Wildman–Crippen MR) is 88.8 cm³/mol. The first-order chi connectivity index (χ1) is 10.8. The second-order valence-electron chi connectivity index (χ2n) is 5.38. The van der Waals surface area contributed by atoms with Gasteiger partial charge in [-0.05, 0) is 24.0 Å². The molecule has 0 atom stereocenters. The average molecular weight is 309 g/mol. The molecule has 1 aliphatic rings. The van der Waals surface area contributed by atoms with E-state index in [-0.39, 0.29) is 0 Å². The van der Waals surface area contributed by atoms with Crippen molar-refractivity contribution in [2.45, 2.75) is 18.9 Å². The SMILES string of the molecule is Nc1ncc(-c2cnc(NC3Cc4ccccc4C3)nc2)s1. The van der Waals surface area contributed by atoms with Crippen LogP contribution in [0.25, 0.3) is 10.4 Å². The Hall–Kier alpha value is -2.47. The van der Waals surface area contributed by atoms with Crippen molar-refractivity contribution in [1.29, 1.82) is 0 Å². The number of nitrogens with two attached hydrogens (primary N) is 1. The summed E-state index contributed by atoms with van der Waals surface area (Å²) in [5, 5.41) is 3.97. The van der Waals surface area contributed by atoms with E-state index in [1.807, 2.05) is 12.4 Å². The van der Waals surface area contributed by atoms with E-state index in [9.17, 15) is 0 Å². The van der Waals surface area contributed by atoms with Gasteiger partial charge in [-0.3, -0.25) is 0 Å². The van der Waals surface area contributed by atoms with Gasteiger partial charge in [0.25, 0.3) is 0 Å². The first-order valence-corrected chi connectivity index (χ1v) is 7.96. The molecule has 1 aromatic carbocycles. The van der Waals surface area contributed by atoms with Gasteiger partial charge in [-0.1, -0.05) is 35.6 Å². The summed E-state index contributed by atoms with van der Waals surface area (Å²) >= 11 is 1.44. The Balaban J connectivity index is 1.46. The van der Waals surface area contributed by atoms with Crippen LogP contribution in [0.4, 0.5) is 11.1 Å². The highest BCUT2D eigenvalue weighted by Gasteiger charge is 2.21. The molecule has 0 saturated carbocycles. The Morgan fingerprint density at radius 1 is 1.00 bits per heavy atom. The molecule has 0 spiro atoms. The summed E-state index contributed by atoms with van der Waals surface area (Å²) in [6.45, 7) is 0. The van der Waals surface area contributed by atoms with Crippen molar-refractivity contribution in [3.63, 3.8) is 0 Å². The molecule has 3 N–H and O–H groups in total. The molecule has 5 nitrogen and oxygen atoms in total. The third kappa shape index (κ3) is 2.53. The summed E-state index contributed by atoms with van der Waals surface area (Å²) in [5.74, 6) is 0.666. The molecule has 1 aliphatic carbocycles. The van der Waals surface area contributed by atoms with Crippen molar-refractivity contribution in [2.24, 2.45) is 0 Å². The number of benzene rings is 1. The van der Waals surface area contributed by atoms with Crippen LogP contribution in [-0.4, -0.2) is 21.0 Å². The molecule has 2 heterocycles. The van der Waals surface area contributed by atoms with Crippen molar-refractivity contribution in [3.05, 3.63) is 54.0 Å². The molecule has 0 amide bonds. The number of fused-ring (bicyclic) bond motifs is 1. The summed E-state index contributed by atoms with van der Waals surface area (Å²) in [6.07, 6.45) is 7.41. The zero-order valence-corrected chi connectivity index (χ0v) is 12.7. The van der Waals surface area contributed by atoms with Crippen LogP contribution in [-0.2, 0) is 12.8 Å². The highest BCUT2D eigenvalue weighted by atomic mass is 32.1. The van der Waals surface area contributed by atoms with Crippen molar-refractivity contribution in [1.82, 2.24) is 15.0 Å². The summed E-state index contributed by atoms with van der Waals surface area (Å²) < 4.78 is 0. The zero-order chi connectivity index (χ0) is 14.9. The average Bonchev–Trinajstić information content (AvgIpc) is 3.13. The van der Waals surface area contributed by atoms with Gasteiger partial charge >= 0.3 is 0 Å². The lowest BCUT2D eigenvalue weighted by atomic mass is 10.1. The van der Waals surface area contributed by atoms with E-state index in [0.29, 0.717) is 17.1 Å². The summed E-state index contributed by atoms with van der Waals surface area (Å²) in [5.41, 5.74) is 9.42. The quantitative estimate of drug-likeness (QED) is 0.778. The van der Waals surface area contributed by atoms with Crippen LogP contribution < -0.4 is 11.1 Å². The second kappa shape index (κ2) is 5.38. The Morgan fingerprint density at radius 3 is 2.27 bits per heavy atom. The number of anilines is 2. The largest absolute Gasteiger partial charge is 0.375 e. The van der Waals surface area contributed by atoms with E-state index < -0.39 is 0 Å². The minimum absolute atomic E-state index is 0.363. The molecule has 22 heavy (non-hydrogen) atoms. The van der Waals surface area contributed by atoms with Crippen LogP contribution in [0.15, 0.2) is 42.9 Å². The molecule has 110 valence electrons. The topological polar surface area (TPSA) is 76.7 Å². The van der Waals surface area contributed by atoms with Crippen molar-refractivity contribution >= 4 is 22.4 Å². The number of hydrogen-bond donors (Lipinski definition) is 2. The Kier molecular flexibility index (Phi) is 3.23. The van der Waals surface area contributed by atoms with Crippen molar-refractivity contribution in [2.75, 3.05) is 11.1 Å². The fraction of sp³-hybridized carbons (Fsp3) is 0.188. The predicted octanol–water partition coefficient (Wildman–Crippen LogP) is 2.76. The van der Waals surface area contributed by atoms with Gasteiger partial charge in [-0.25, -0.2) is 15.0 Å². The smallest absolute Gasteiger partial charge is 0.222 e. The molecule has 0 bridgehead atoms. The summed E-state index contributed by atoms with van der Waals surface area (Å²) in [7, 11) is 0. The third-order valence-corrected chi connectivity index (χ3v) is 4.72. The Morgan fingerprint density at radius 2 is 1.68 bits per heavy atom. The number of thiazole rings is 1. The number of aromatic nitrogens is 3. The van der Waals surface area contributed by atoms with Gasteiger partial charge in [0.15, 0.2) is 5.13 Å². The lowest BCUT2D eigenvalue weighted by Crippen LogP contribution is -2.20. The minimum atomic E-state index is 0.363. The van der Waals surface area contributed by atoms with E-state index in [4.69, 9.17) is 5.73 Å². The van der Waals surface area contributed by atoms with Crippen LogP contribution >= 0.6 is 11.3 Å². The van der Waals surface area contributed by atoms with Crippen LogP contribution in [0.3, 0.4) is 0 Å². The number of nitrogens with zero attached hydrogens (tertiary/aromatic N) is 3. The number of nitrogens with one attached hydrogen (secondary N) is 1. The molecule has 0 aliphatic heterocycles. The maximum absolute atomic E-state index is 5.65. The summed E-state index contributed by atoms with van der Waals surface area (Å²) in [4.78, 5) is 13.8. The fourth-order valence-corrected chi connectivity index (χ4v) is 3.45. The standard InChI is InChI=1S/C16H15N5S/c17-15-18-9-14(22-15)12-7-19-16(20-8-12)21-13-5-10-3-1-2-4-11(10)6-13/h1-4,7-9,13H,5-6H2,(H2,17,18)(H,19,20,21). The Bertz CT molecular complexity index is 771. The molecular weight excluding hydrogens is 294 g/mol. The van der Waals surface area contributed by atoms with E-state index in [1.165, 1.54) is 22.5 Å². The first kappa shape index (κ1) is 13.2. The second-order valence-corrected chi connectivity index (χ2v) is 6.44. The molecule has 0 saturated heterocycles. The van der Waals surface area contributed by atoms with Crippen molar-refractivity contribution in [3.8, 4) is 10.4 Å². The van der Waals surface area contributed by atoms with E-state index >= 15 is 0 Å². The van der Waals surface area contributed by atoms with E-state index in [2.05, 4.69) is 44.5 Å². The molecular formula is C16H15N5S. The molecule has 0 radical (unpaired) electrons. The van der Waals surface area contributed by atoms with Gasteiger partial charge < -0.3 is 11.1 Å². The van der Waals surface area contributed by atoms with Crippen LogP contribution in [0, 0.1) is 0 Å². The monoisotopic (exact) mass is 309 g/mol. The highest BCUT2D eigenvalue weighted by molar-refractivity contribution is 7.18. The summed E-state index contributed by atoms with van der Waals surface area (Å²) in [6, 6.07) is 8.92. The number of rotatable bonds is 3. The first-order valence-electron chi connectivity index (χ1n) is 7.15. The number of hydrogen-bond acceptors (Lipinski definition) is 6. The van der Waals surface area contributed by atoms with Crippen LogP contribution in [0.5, 0.6) is 0 Å². The van der Waals surface area contributed by atoms with Gasteiger partial charge in [0.1, 0.15) is 0 Å². The lowest BCUT2D eigenvalue weighted by molar-refractivity contribution is 0.762. The van der Waals surface area contributed by atoms with Gasteiger partial charge in [0.05, 0.1) is 4.88 Å². The molecule has 2 aromatic heterocycles. The zero-order valence-electron chi connectivity index (χ0n) is 11.9. The Labute approximate surface area is 132 Å². The molecule has 6 heteroatoms. The maximum Gasteiger partial charge on any atom is 0.222 e. The van der Waals surface area contributed by atoms with E-state index in [1.54, 1.807) is 6.20 Å². The molecule has 4 rings (SSSR count). The van der Waals surface area contributed by atoms with Gasteiger partial charge in [0.2, 0.25) is 5.95 Å². The lowest BCUT2D eigenvalue weighted by Gasteiger charge is -2.11.